The van der Waals surface area contributed by atoms with E-state index in [0.29, 0.717) is 12.4 Å². The molecule has 3 aromatic rings. The highest BCUT2D eigenvalue weighted by molar-refractivity contribution is 5.36. The largest absolute Gasteiger partial charge is 0.354 e. The van der Waals surface area contributed by atoms with E-state index in [1.807, 2.05) is 26.0 Å². The van der Waals surface area contributed by atoms with E-state index in [2.05, 4.69) is 30.0 Å². The van der Waals surface area contributed by atoms with Gasteiger partial charge in [0.25, 0.3) is 5.56 Å². The number of hydrogen-bond donors (Lipinski definition) is 0. The summed E-state index contributed by atoms with van der Waals surface area (Å²) in [7, 11) is 0. The third-order valence-electron chi connectivity index (χ3n) is 4.97. The highest BCUT2D eigenvalue weighted by Crippen LogP contribution is 2.12. The first kappa shape index (κ1) is 18.3. The van der Waals surface area contributed by atoms with E-state index < -0.39 is 0 Å². The normalized spacial score (nSPS) is 15.1. The summed E-state index contributed by atoms with van der Waals surface area (Å²) in [5.74, 6) is 1.63. The quantitative estimate of drug-likeness (QED) is 0.643. The summed E-state index contributed by atoms with van der Waals surface area (Å²) >= 11 is 0. The van der Waals surface area contributed by atoms with Crippen molar-refractivity contribution in [1.82, 2.24) is 34.4 Å². The smallest absolute Gasteiger partial charge is 0.266 e. The maximum atomic E-state index is 12.2. The minimum absolute atomic E-state index is 0.0927. The van der Waals surface area contributed by atoms with Crippen LogP contribution in [0.25, 0.3) is 5.82 Å². The molecular weight excluding hydrogens is 356 g/mol. The summed E-state index contributed by atoms with van der Waals surface area (Å²) in [4.78, 5) is 25.1. The number of aromatic nitrogens is 6. The Balaban J connectivity index is 1.38. The Morgan fingerprint density at radius 1 is 0.964 bits per heavy atom. The van der Waals surface area contributed by atoms with Gasteiger partial charge in [-0.3, -0.25) is 9.69 Å². The van der Waals surface area contributed by atoms with Crippen LogP contribution < -0.4 is 10.5 Å². The van der Waals surface area contributed by atoms with Crippen LogP contribution in [0.5, 0.6) is 0 Å². The Hall–Kier alpha value is -3.07. The molecule has 4 rings (SSSR count). The number of aryl methyl sites for hydroxylation is 2. The van der Waals surface area contributed by atoms with E-state index in [-0.39, 0.29) is 5.56 Å². The number of anilines is 1. The Labute approximate surface area is 163 Å². The zero-order valence-electron chi connectivity index (χ0n) is 16.2. The molecule has 9 heteroatoms. The lowest BCUT2D eigenvalue weighted by molar-refractivity contribution is 0.242. The molecular formula is C19H24N8O. The van der Waals surface area contributed by atoms with Gasteiger partial charge in [0.2, 0.25) is 0 Å². The molecule has 0 aliphatic carbocycles. The Kier molecular flexibility index (Phi) is 5.16. The molecule has 1 fully saturated rings. The molecule has 1 saturated heterocycles. The molecule has 0 aromatic carbocycles. The van der Waals surface area contributed by atoms with Crippen molar-refractivity contribution in [2.75, 3.05) is 37.6 Å². The molecule has 0 unspecified atom stereocenters. The van der Waals surface area contributed by atoms with Gasteiger partial charge in [0.05, 0.1) is 12.2 Å². The van der Waals surface area contributed by atoms with Crippen molar-refractivity contribution in [1.29, 1.82) is 0 Å². The maximum absolute atomic E-state index is 12.2. The number of nitrogens with zero attached hydrogens (tertiary/aromatic N) is 8. The van der Waals surface area contributed by atoms with Gasteiger partial charge in [0.1, 0.15) is 12.1 Å². The molecule has 0 radical (unpaired) electrons. The first-order valence-corrected chi connectivity index (χ1v) is 9.45. The molecule has 1 aliphatic rings. The van der Waals surface area contributed by atoms with E-state index in [1.165, 1.54) is 4.68 Å². The van der Waals surface area contributed by atoms with Crippen LogP contribution in [-0.4, -0.2) is 67.2 Å². The molecule has 0 atom stereocenters. The van der Waals surface area contributed by atoms with Crippen molar-refractivity contribution in [3.63, 3.8) is 0 Å². The molecule has 0 spiro atoms. The summed E-state index contributed by atoms with van der Waals surface area (Å²) < 4.78 is 3.30. The van der Waals surface area contributed by atoms with Crippen LogP contribution in [0.15, 0.2) is 41.6 Å². The van der Waals surface area contributed by atoms with E-state index in [0.717, 1.165) is 49.9 Å². The maximum Gasteiger partial charge on any atom is 0.266 e. The second-order valence-electron chi connectivity index (χ2n) is 6.99. The van der Waals surface area contributed by atoms with Crippen molar-refractivity contribution in [3.8, 4) is 5.82 Å². The second-order valence-corrected chi connectivity index (χ2v) is 6.99. The van der Waals surface area contributed by atoms with Crippen LogP contribution in [0.4, 0.5) is 5.82 Å². The molecule has 0 saturated carbocycles. The van der Waals surface area contributed by atoms with Gasteiger partial charge in [-0.15, -0.1) is 5.10 Å². The van der Waals surface area contributed by atoms with Crippen LogP contribution in [-0.2, 0) is 6.54 Å². The summed E-state index contributed by atoms with van der Waals surface area (Å²) in [6.45, 7) is 8.93. The second kappa shape index (κ2) is 7.89. The molecule has 0 amide bonds. The third-order valence-corrected chi connectivity index (χ3v) is 4.97. The molecule has 9 nitrogen and oxygen atoms in total. The topological polar surface area (TPSA) is 85.0 Å². The van der Waals surface area contributed by atoms with Gasteiger partial charge in [-0.25, -0.2) is 19.3 Å². The van der Waals surface area contributed by atoms with Gasteiger partial charge in [-0.1, -0.05) is 0 Å². The van der Waals surface area contributed by atoms with Crippen LogP contribution in [0.2, 0.25) is 0 Å². The van der Waals surface area contributed by atoms with Crippen molar-refractivity contribution in [2.45, 2.75) is 20.4 Å². The van der Waals surface area contributed by atoms with Gasteiger partial charge >= 0.3 is 0 Å². The molecule has 0 N–H and O–H groups in total. The van der Waals surface area contributed by atoms with Crippen molar-refractivity contribution < 1.29 is 0 Å². The first-order valence-electron chi connectivity index (χ1n) is 9.45. The summed E-state index contributed by atoms with van der Waals surface area (Å²) in [6, 6.07) is 7.21. The standard InChI is InChI=1S/C19H24N8O/c1-15-13-16(2)27(22-15)18-3-4-19(28)26(23-18)12-9-24-7-10-25(11-8-24)17-5-6-20-14-21-17/h3-6,13-14H,7-12H2,1-2H3. The van der Waals surface area contributed by atoms with Crippen LogP contribution in [0, 0.1) is 13.8 Å². The Morgan fingerprint density at radius 3 is 2.46 bits per heavy atom. The lowest BCUT2D eigenvalue weighted by Gasteiger charge is -2.35. The monoisotopic (exact) mass is 380 g/mol. The zero-order valence-corrected chi connectivity index (χ0v) is 16.2. The third kappa shape index (κ3) is 3.94. The predicted molar refractivity (Wildman–Crippen MR) is 106 cm³/mol. The average Bonchev–Trinajstić information content (AvgIpc) is 3.06. The first-order chi connectivity index (χ1) is 13.6. The fraction of sp³-hybridized carbons (Fsp3) is 0.421. The van der Waals surface area contributed by atoms with Crippen molar-refractivity contribution in [2.24, 2.45) is 0 Å². The molecule has 3 aromatic heterocycles. The summed E-state index contributed by atoms with van der Waals surface area (Å²) in [5, 5.41) is 8.97. The van der Waals surface area contributed by atoms with E-state index in [9.17, 15) is 4.79 Å². The highest BCUT2D eigenvalue weighted by atomic mass is 16.1. The Morgan fingerprint density at radius 2 is 1.79 bits per heavy atom. The van der Waals surface area contributed by atoms with Crippen molar-refractivity contribution >= 4 is 5.82 Å². The fourth-order valence-corrected chi connectivity index (χ4v) is 3.48. The molecule has 1 aliphatic heterocycles. The van der Waals surface area contributed by atoms with Gasteiger partial charge in [0.15, 0.2) is 5.82 Å². The van der Waals surface area contributed by atoms with E-state index in [4.69, 9.17) is 0 Å². The lowest BCUT2D eigenvalue weighted by Crippen LogP contribution is -2.48. The van der Waals surface area contributed by atoms with Crippen molar-refractivity contribution in [3.05, 3.63) is 58.5 Å². The number of hydrogen-bond acceptors (Lipinski definition) is 7. The van der Waals surface area contributed by atoms with Gasteiger partial charge in [0, 0.05) is 50.7 Å². The molecule has 146 valence electrons. The number of piperazine rings is 1. The summed E-state index contributed by atoms with van der Waals surface area (Å²) in [5.41, 5.74) is 1.83. The van der Waals surface area contributed by atoms with Gasteiger partial charge < -0.3 is 4.90 Å². The summed E-state index contributed by atoms with van der Waals surface area (Å²) in [6.07, 6.45) is 3.35. The SMILES string of the molecule is Cc1cc(C)n(-c2ccc(=O)n(CCN3CCN(c4ccncn4)CC3)n2)n1. The fourth-order valence-electron chi connectivity index (χ4n) is 3.48. The lowest BCUT2D eigenvalue weighted by atomic mass is 10.3. The van der Waals surface area contributed by atoms with E-state index in [1.54, 1.807) is 29.3 Å². The Bertz CT molecular complexity index is 989. The van der Waals surface area contributed by atoms with Crippen LogP contribution in [0.3, 0.4) is 0 Å². The van der Waals surface area contributed by atoms with Gasteiger partial charge in [-0.05, 0) is 32.0 Å². The minimum atomic E-state index is -0.0927. The van der Waals surface area contributed by atoms with Crippen LogP contribution in [0.1, 0.15) is 11.4 Å². The van der Waals surface area contributed by atoms with E-state index >= 15 is 0 Å². The zero-order chi connectivity index (χ0) is 19.5. The molecule has 28 heavy (non-hydrogen) atoms. The average molecular weight is 380 g/mol. The number of rotatable bonds is 5. The molecule has 4 heterocycles. The molecule has 0 bridgehead atoms. The minimum Gasteiger partial charge on any atom is -0.354 e. The van der Waals surface area contributed by atoms with Gasteiger partial charge in [-0.2, -0.15) is 5.10 Å². The van der Waals surface area contributed by atoms with Crippen LogP contribution >= 0.6 is 0 Å². The highest BCUT2D eigenvalue weighted by Gasteiger charge is 2.18. The predicted octanol–water partition coefficient (Wildman–Crippen LogP) is 0.658.